The van der Waals surface area contributed by atoms with Crippen molar-refractivity contribution >= 4 is 21.8 Å². The van der Waals surface area contributed by atoms with Crippen molar-refractivity contribution in [2.24, 2.45) is 12.8 Å². The minimum Gasteiger partial charge on any atom is -0.368 e. The van der Waals surface area contributed by atoms with Crippen LogP contribution in [0.25, 0.3) is 0 Å². The summed E-state index contributed by atoms with van der Waals surface area (Å²) in [7, 11) is 3.66. The maximum absolute atomic E-state index is 11.8. The Kier molecular flexibility index (Phi) is 4.51. The number of primary amides is 1. The number of carbonyl (C=O) groups is 1. The largest absolute Gasteiger partial charge is 0.368 e. The van der Waals surface area contributed by atoms with E-state index >= 15 is 0 Å². The number of likely N-dealkylation sites (N-methyl/N-ethyl adjacent to an activating group) is 1. The lowest BCUT2D eigenvalue weighted by Gasteiger charge is -2.25. The van der Waals surface area contributed by atoms with E-state index in [1.54, 1.807) is 10.9 Å². The van der Waals surface area contributed by atoms with Gasteiger partial charge in [0, 0.05) is 18.1 Å². The van der Waals surface area contributed by atoms with Gasteiger partial charge in [0.1, 0.15) is 6.04 Å². The standard InChI is InChI=1S/C13H16BrN5O/c1-18(8-11-7-16-17-19(11)2)12(13(15)20)9-4-3-5-10(14)6-9/h3-7,12H,8H2,1-2H3,(H2,15,20)/t12-/m1/s1. The predicted octanol–water partition coefficient (Wildman–Crippen LogP) is 1.24. The second kappa shape index (κ2) is 6.15. The number of aryl methyl sites for hydroxylation is 1. The van der Waals surface area contributed by atoms with Crippen LogP contribution in [0.2, 0.25) is 0 Å². The first kappa shape index (κ1) is 14.7. The van der Waals surface area contributed by atoms with Crippen LogP contribution >= 0.6 is 15.9 Å². The second-order valence-electron chi connectivity index (χ2n) is 4.62. The first-order valence-corrected chi connectivity index (χ1v) is 6.87. The van der Waals surface area contributed by atoms with E-state index < -0.39 is 6.04 Å². The molecule has 2 aromatic rings. The molecule has 0 saturated carbocycles. The van der Waals surface area contributed by atoms with Crippen molar-refractivity contribution in [2.75, 3.05) is 7.05 Å². The molecule has 1 aromatic heterocycles. The molecule has 0 saturated heterocycles. The molecule has 0 fully saturated rings. The highest BCUT2D eigenvalue weighted by atomic mass is 79.9. The Hall–Kier alpha value is -1.73. The van der Waals surface area contributed by atoms with E-state index in [9.17, 15) is 4.79 Å². The van der Waals surface area contributed by atoms with Crippen molar-refractivity contribution in [3.63, 3.8) is 0 Å². The molecule has 0 aliphatic rings. The van der Waals surface area contributed by atoms with Crippen LogP contribution in [0.4, 0.5) is 0 Å². The quantitative estimate of drug-likeness (QED) is 0.890. The summed E-state index contributed by atoms with van der Waals surface area (Å²) >= 11 is 3.41. The van der Waals surface area contributed by atoms with Gasteiger partial charge in [-0.05, 0) is 24.7 Å². The Morgan fingerprint density at radius 1 is 1.55 bits per heavy atom. The van der Waals surface area contributed by atoms with Crippen LogP contribution < -0.4 is 5.73 Å². The molecule has 6 nitrogen and oxygen atoms in total. The number of aromatic nitrogens is 3. The van der Waals surface area contributed by atoms with Gasteiger partial charge in [0.25, 0.3) is 0 Å². The van der Waals surface area contributed by atoms with Crippen molar-refractivity contribution in [3.8, 4) is 0 Å². The van der Waals surface area contributed by atoms with Crippen LogP contribution in [0, 0.1) is 0 Å². The zero-order valence-electron chi connectivity index (χ0n) is 11.3. The summed E-state index contributed by atoms with van der Waals surface area (Å²) in [6, 6.07) is 7.08. The van der Waals surface area contributed by atoms with E-state index in [2.05, 4.69) is 26.2 Å². The highest BCUT2D eigenvalue weighted by Gasteiger charge is 2.23. The van der Waals surface area contributed by atoms with Gasteiger partial charge in [0.15, 0.2) is 0 Å². The molecule has 0 bridgehead atoms. The van der Waals surface area contributed by atoms with Crippen molar-refractivity contribution in [3.05, 3.63) is 46.2 Å². The number of rotatable bonds is 5. The number of nitrogens with two attached hydrogens (primary N) is 1. The summed E-state index contributed by atoms with van der Waals surface area (Å²) in [6.45, 7) is 0.531. The fourth-order valence-electron chi connectivity index (χ4n) is 2.11. The zero-order chi connectivity index (χ0) is 14.7. The lowest BCUT2D eigenvalue weighted by Crippen LogP contribution is -2.35. The fourth-order valence-corrected chi connectivity index (χ4v) is 2.53. The normalized spacial score (nSPS) is 12.6. The van der Waals surface area contributed by atoms with Crippen LogP contribution in [0.5, 0.6) is 0 Å². The second-order valence-corrected chi connectivity index (χ2v) is 5.54. The Balaban J connectivity index is 2.25. The molecule has 1 aromatic carbocycles. The highest BCUT2D eigenvalue weighted by molar-refractivity contribution is 9.10. The van der Waals surface area contributed by atoms with Crippen LogP contribution in [0.3, 0.4) is 0 Å². The van der Waals surface area contributed by atoms with E-state index in [1.165, 1.54) is 0 Å². The molecule has 0 radical (unpaired) electrons. The van der Waals surface area contributed by atoms with Crippen molar-refractivity contribution in [1.82, 2.24) is 19.9 Å². The predicted molar refractivity (Wildman–Crippen MR) is 78.5 cm³/mol. The lowest BCUT2D eigenvalue weighted by molar-refractivity contribution is -0.123. The van der Waals surface area contributed by atoms with Crippen molar-refractivity contribution in [2.45, 2.75) is 12.6 Å². The maximum atomic E-state index is 11.8. The molecule has 20 heavy (non-hydrogen) atoms. The molecule has 2 N–H and O–H groups in total. The van der Waals surface area contributed by atoms with Crippen LogP contribution in [0.1, 0.15) is 17.3 Å². The molecular formula is C13H16BrN5O. The molecule has 0 unspecified atom stereocenters. The average molecular weight is 338 g/mol. The monoisotopic (exact) mass is 337 g/mol. The SMILES string of the molecule is CN(Cc1cnnn1C)[C@@H](C(N)=O)c1cccc(Br)c1. The summed E-state index contributed by atoms with van der Waals surface area (Å²) in [6.07, 6.45) is 1.68. The van der Waals surface area contributed by atoms with Gasteiger partial charge in [-0.3, -0.25) is 14.4 Å². The zero-order valence-corrected chi connectivity index (χ0v) is 12.9. The van der Waals surface area contributed by atoms with E-state index in [-0.39, 0.29) is 5.91 Å². The van der Waals surface area contributed by atoms with E-state index in [0.717, 1.165) is 15.7 Å². The van der Waals surface area contributed by atoms with Gasteiger partial charge in [0.05, 0.1) is 11.9 Å². The number of halogens is 1. The average Bonchev–Trinajstić information content (AvgIpc) is 2.74. The molecule has 0 aliphatic carbocycles. The Bertz CT molecular complexity index is 612. The number of benzene rings is 1. The summed E-state index contributed by atoms with van der Waals surface area (Å²) in [5.41, 5.74) is 7.32. The molecule has 0 aliphatic heterocycles. The number of carbonyl (C=O) groups excluding carboxylic acids is 1. The van der Waals surface area contributed by atoms with Gasteiger partial charge in [-0.2, -0.15) is 0 Å². The summed E-state index contributed by atoms with van der Waals surface area (Å²) in [4.78, 5) is 13.7. The smallest absolute Gasteiger partial charge is 0.239 e. The molecule has 106 valence electrons. The number of hydrogen-bond acceptors (Lipinski definition) is 4. The topological polar surface area (TPSA) is 77.0 Å². The maximum Gasteiger partial charge on any atom is 0.239 e. The van der Waals surface area contributed by atoms with Gasteiger partial charge >= 0.3 is 0 Å². The molecule has 7 heteroatoms. The highest BCUT2D eigenvalue weighted by Crippen LogP contribution is 2.23. The minimum atomic E-state index is -0.498. The van der Waals surface area contributed by atoms with E-state index in [0.29, 0.717) is 6.54 Å². The van der Waals surface area contributed by atoms with Gasteiger partial charge in [-0.15, -0.1) is 5.10 Å². The van der Waals surface area contributed by atoms with Gasteiger partial charge in [-0.25, -0.2) is 0 Å². The summed E-state index contributed by atoms with van der Waals surface area (Å²) in [5.74, 6) is -0.388. The van der Waals surface area contributed by atoms with Gasteiger partial charge in [-0.1, -0.05) is 33.3 Å². The van der Waals surface area contributed by atoms with Crippen molar-refractivity contribution < 1.29 is 4.79 Å². The molecule has 1 amide bonds. The third-order valence-electron chi connectivity index (χ3n) is 3.09. The summed E-state index contributed by atoms with van der Waals surface area (Å²) < 4.78 is 2.59. The molecule has 1 heterocycles. The molecule has 1 atom stereocenters. The molecular weight excluding hydrogens is 322 g/mol. The number of amides is 1. The summed E-state index contributed by atoms with van der Waals surface area (Å²) in [5, 5.41) is 7.71. The van der Waals surface area contributed by atoms with Gasteiger partial charge in [0.2, 0.25) is 5.91 Å². The first-order chi connectivity index (χ1) is 9.49. The van der Waals surface area contributed by atoms with Gasteiger partial charge < -0.3 is 5.73 Å². The van der Waals surface area contributed by atoms with Crippen LogP contribution in [0.15, 0.2) is 34.9 Å². The third-order valence-corrected chi connectivity index (χ3v) is 3.59. The molecule has 2 rings (SSSR count). The first-order valence-electron chi connectivity index (χ1n) is 6.07. The Morgan fingerprint density at radius 3 is 2.85 bits per heavy atom. The van der Waals surface area contributed by atoms with Crippen molar-refractivity contribution in [1.29, 1.82) is 0 Å². The Labute approximate surface area is 125 Å². The Morgan fingerprint density at radius 2 is 2.30 bits per heavy atom. The third kappa shape index (κ3) is 3.23. The fraction of sp³-hybridized carbons (Fsp3) is 0.308. The van der Waals surface area contributed by atoms with Crippen LogP contribution in [-0.4, -0.2) is 32.8 Å². The number of nitrogens with zero attached hydrogens (tertiary/aromatic N) is 4. The number of hydrogen-bond donors (Lipinski definition) is 1. The minimum absolute atomic E-state index is 0.388. The molecule has 0 spiro atoms. The van der Waals surface area contributed by atoms with E-state index in [1.807, 2.05) is 43.3 Å². The lowest BCUT2D eigenvalue weighted by atomic mass is 10.1. The van der Waals surface area contributed by atoms with Crippen LogP contribution in [-0.2, 0) is 18.4 Å². The van der Waals surface area contributed by atoms with E-state index in [4.69, 9.17) is 5.73 Å².